The highest BCUT2D eigenvalue weighted by Gasteiger charge is 1.98. The molecule has 17 heavy (non-hydrogen) atoms. The van der Waals surface area contributed by atoms with E-state index in [9.17, 15) is 0 Å². The van der Waals surface area contributed by atoms with Crippen LogP contribution in [0.25, 0.3) is 11.3 Å². The van der Waals surface area contributed by atoms with Gasteiger partial charge in [-0.3, -0.25) is 4.98 Å². The van der Waals surface area contributed by atoms with E-state index in [0.29, 0.717) is 6.61 Å². The standard InChI is InChI=1S/C15H17NO/c1-2-11-17-12-13-6-8-14(9-7-13)15-5-3-4-10-16-15/h3-10H,2,11-12H2,1H3. The molecule has 0 unspecified atom stereocenters. The van der Waals surface area contributed by atoms with Crippen LogP contribution in [0.5, 0.6) is 0 Å². The fraction of sp³-hybridized carbons (Fsp3) is 0.267. The van der Waals surface area contributed by atoms with Gasteiger partial charge in [-0.05, 0) is 24.1 Å². The smallest absolute Gasteiger partial charge is 0.0716 e. The highest BCUT2D eigenvalue weighted by atomic mass is 16.5. The lowest BCUT2D eigenvalue weighted by atomic mass is 10.1. The first-order valence-electron chi connectivity index (χ1n) is 5.98. The summed E-state index contributed by atoms with van der Waals surface area (Å²) in [5, 5.41) is 0. The van der Waals surface area contributed by atoms with E-state index in [1.54, 1.807) is 0 Å². The number of hydrogen-bond acceptors (Lipinski definition) is 2. The van der Waals surface area contributed by atoms with Crippen LogP contribution in [0.15, 0.2) is 48.7 Å². The van der Waals surface area contributed by atoms with Gasteiger partial charge in [-0.25, -0.2) is 0 Å². The summed E-state index contributed by atoms with van der Waals surface area (Å²) in [7, 11) is 0. The molecule has 0 spiro atoms. The summed E-state index contributed by atoms with van der Waals surface area (Å²) in [4.78, 5) is 4.32. The summed E-state index contributed by atoms with van der Waals surface area (Å²) in [6.07, 6.45) is 2.87. The summed E-state index contributed by atoms with van der Waals surface area (Å²) in [6, 6.07) is 14.3. The third-order valence-corrected chi connectivity index (χ3v) is 2.53. The van der Waals surface area contributed by atoms with E-state index in [1.165, 1.54) is 5.56 Å². The Morgan fingerprint density at radius 1 is 1.06 bits per heavy atom. The summed E-state index contributed by atoms with van der Waals surface area (Å²) in [5.41, 5.74) is 3.36. The van der Waals surface area contributed by atoms with Crippen LogP contribution < -0.4 is 0 Å². The monoisotopic (exact) mass is 227 g/mol. The minimum Gasteiger partial charge on any atom is -0.377 e. The summed E-state index contributed by atoms with van der Waals surface area (Å²) >= 11 is 0. The molecule has 0 aliphatic rings. The maximum atomic E-state index is 5.50. The molecule has 2 nitrogen and oxygen atoms in total. The van der Waals surface area contributed by atoms with E-state index in [4.69, 9.17) is 4.74 Å². The number of hydrogen-bond donors (Lipinski definition) is 0. The lowest BCUT2D eigenvalue weighted by molar-refractivity contribution is 0.121. The minimum atomic E-state index is 0.691. The highest BCUT2D eigenvalue weighted by Crippen LogP contribution is 2.17. The van der Waals surface area contributed by atoms with Gasteiger partial charge in [0.25, 0.3) is 0 Å². The molecule has 0 radical (unpaired) electrons. The predicted molar refractivity (Wildman–Crippen MR) is 69.6 cm³/mol. The van der Waals surface area contributed by atoms with Crippen molar-refractivity contribution in [2.45, 2.75) is 20.0 Å². The first-order valence-corrected chi connectivity index (χ1v) is 5.98. The average molecular weight is 227 g/mol. The van der Waals surface area contributed by atoms with Crippen LogP contribution in [0.3, 0.4) is 0 Å². The maximum absolute atomic E-state index is 5.50. The second-order valence-electron chi connectivity index (χ2n) is 3.96. The van der Waals surface area contributed by atoms with Gasteiger partial charge in [0, 0.05) is 18.4 Å². The quantitative estimate of drug-likeness (QED) is 0.727. The van der Waals surface area contributed by atoms with Crippen LogP contribution in [-0.4, -0.2) is 11.6 Å². The van der Waals surface area contributed by atoms with E-state index in [1.807, 2.05) is 24.4 Å². The van der Waals surface area contributed by atoms with Crippen molar-refractivity contribution < 1.29 is 4.74 Å². The molecule has 0 bridgehead atoms. The van der Waals surface area contributed by atoms with E-state index < -0.39 is 0 Å². The number of nitrogens with zero attached hydrogens (tertiary/aromatic N) is 1. The molecule has 0 atom stereocenters. The van der Waals surface area contributed by atoms with Gasteiger partial charge in [0.05, 0.1) is 12.3 Å². The number of ether oxygens (including phenoxy) is 1. The Bertz CT molecular complexity index is 436. The molecule has 0 aliphatic heterocycles. The Morgan fingerprint density at radius 2 is 1.88 bits per heavy atom. The zero-order valence-corrected chi connectivity index (χ0v) is 10.1. The first-order chi connectivity index (χ1) is 8.40. The van der Waals surface area contributed by atoms with E-state index in [-0.39, 0.29) is 0 Å². The van der Waals surface area contributed by atoms with Crippen molar-refractivity contribution in [1.82, 2.24) is 4.98 Å². The van der Waals surface area contributed by atoms with Gasteiger partial charge in [-0.1, -0.05) is 37.3 Å². The fourth-order valence-corrected chi connectivity index (χ4v) is 1.64. The predicted octanol–water partition coefficient (Wildman–Crippen LogP) is 3.68. The Hall–Kier alpha value is -1.67. The molecule has 0 saturated carbocycles. The van der Waals surface area contributed by atoms with Crippen LogP contribution in [-0.2, 0) is 11.3 Å². The van der Waals surface area contributed by atoms with Gasteiger partial charge in [-0.2, -0.15) is 0 Å². The van der Waals surface area contributed by atoms with Crippen molar-refractivity contribution in [3.63, 3.8) is 0 Å². The molecule has 2 rings (SSSR count). The topological polar surface area (TPSA) is 22.1 Å². The minimum absolute atomic E-state index is 0.691. The van der Waals surface area contributed by atoms with E-state index in [2.05, 4.69) is 36.2 Å². The third-order valence-electron chi connectivity index (χ3n) is 2.53. The molecule has 1 aromatic heterocycles. The van der Waals surface area contributed by atoms with Crippen molar-refractivity contribution in [3.8, 4) is 11.3 Å². The van der Waals surface area contributed by atoms with Crippen LogP contribution in [0.1, 0.15) is 18.9 Å². The van der Waals surface area contributed by atoms with Crippen molar-refractivity contribution in [2.75, 3.05) is 6.61 Å². The fourth-order valence-electron chi connectivity index (χ4n) is 1.64. The molecule has 2 aromatic rings. The van der Waals surface area contributed by atoms with Crippen molar-refractivity contribution in [1.29, 1.82) is 0 Å². The van der Waals surface area contributed by atoms with Crippen LogP contribution in [0, 0.1) is 0 Å². The molecule has 0 N–H and O–H groups in total. The largest absolute Gasteiger partial charge is 0.377 e. The van der Waals surface area contributed by atoms with Crippen molar-refractivity contribution in [2.24, 2.45) is 0 Å². The molecule has 0 fully saturated rings. The number of pyridine rings is 1. The lowest BCUT2D eigenvalue weighted by Gasteiger charge is -2.04. The van der Waals surface area contributed by atoms with Gasteiger partial charge in [0.2, 0.25) is 0 Å². The zero-order valence-electron chi connectivity index (χ0n) is 10.1. The molecule has 0 saturated heterocycles. The molecular weight excluding hydrogens is 210 g/mol. The Kier molecular flexibility index (Phi) is 4.28. The Morgan fingerprint density at radius 3 is 2.53 bits per heavy atom. The molecule has 0 amide bonds. The third kappa shape index (κ3) is 3.40. The number of rotatable bonds is 5. The number of aromatic nitrogens is 1. The van der Waals surface area contributed by atoms with E-state index >= 15 is 0 Å². The Balaban J connectivity index is 2.03. The van der Waals surface area contributed by atoms with Gasteiger partial charge >= 0.3 is 0 Å². The maximum Gasteiger partial charge on any atom is 0.0716 e. The zero-order chi connectivity index (χ0) is 11.9. The van der Waals surface area contributed by atoms with Crippen molar-refractivity contribution in [3.05, 3.63) is 54.2 Å². The molecule has 0 aliphatic carbocycles. The molecular formula is C15H17NO. The highest BCUT2D eigenvalue weighted by molar-refractivity contribution is 5.58. The summed E-state index contributed by atoms with van der Waals surface area (Å²) in [5.74, 6) is 0. The van der Waals surface area contributed by atoms with Gasteiger partial charge in [0.1, 0.15) is 0 Å². The Labute approximate surface area is 102 Å². The lowest BCUT2D eigenvalue weighted by Crippen LogP contribution is -1.93. The summed E-state index contributed by atoms with van der Waals surface area (Å²) in [6.45, 7) is 3.63. The second kappa shape index (κ2) is 6.16. The van der Waals surface area contributed by atoms with Crippen LogP contribution >= 0.6 is 0 Å². The molecule has 1 aromatic carbocycles. The average Bonchev–Trinajstić information content (AvgIpc) is 2.41. The number of benzene rings is 1. The van der Waals surface area contributed by atoms with Gasteiger partial charge < -0.3 is 4.74 Å². The van der Waals surface area contributed by atoms with E-state index in [0.717, 1.165) is 24.3 Å². The summed E-state index contributed by atoms with van der Waals surface area (Å²) < 4.78 is 5.50. The second-order valence-corrected chi connectivity index (χ2v) is 3.96. The van der Waals surface area contributed by atoms with Gasteiger partial charge in [0.15, 0.2) is 0 Å². The molecule has 88 valence electrons. The molecule has 1 heterocycles. The van der Waals surface area contributed by atoms with Gasteiger partial charge in [-0.15, -0.1) is 0 Å². The van der Waals surface area contributed by atoms with Crippen molar-refractivity contribution >= 4 is 0 Å². The van der Waals surface area contributed by atoms with Crippen LogP contribution in [0.4, 0.5) is 0 Å². The SMILES string of the molecule is CCCOCc1ccc(-c2ccccn2)cc1. The van der Waals surface area contributed by atoms with Crippen LogP contribution in [0.2, 0.25) is 0 Å². The normalized spacial score (nSPS) is 10.4. The first kappa shape index (κ1) is 11.8. The molecule has 2 heteroatoms.